The Kier molecular flexibility index (Phi) is 5.91. The maximum atomic E-state index is 13.4. The third-order valence-electron chi connectivity index (χ3n) is 6.19. The minimum absolute atomic E-state index is 0.00615. The molecule has 3 aromatic carbocycles. The monoisotopic (exact) mass is 468 g/mol. The average molecular weight is 469 g/mol. The standard InChI is InChI=1S/C28H25FN4O2/c1-18(2)26-24(17-30-33(26)23-13-9-21(29)10-14-23)27(34)31-22-11-7-20(8-12-22)28(35)32-16-15-19-5-3-4-6-25(19)32/h3-14,17-18H,15-16H2,1-2H3,(H,31,34). The number of hydrogen-bond donors (Lipinski definition) is 1. The fourth-order valence-corrected chi connectivity index (χ4v) is 4.48. The number of anilines is 2. The molecular weight excluding hydrogens is 443 g/mol. The summed E-state index contributed by atoms with van der Waals surface area (Å²) >= 11 is 0. The molecular formula is C28H25FN4O2. The lowest BCUT2D eigenvalue weighted by Gasteiger charge is -2.17. The van der Waals surface area contributed by atoms with Gasteiger partial charge in [0.15, 0.2) is 0 Å². The number of fused-ring (bicyclic) bond motifs is 1. The second-order valence-corrected chi connectivity index (χ2v) is 8.85. The summed E-state index contributed by atoms with van der Waals surface area (Å²) in [4.78, 5) is 27.9. The predicted molar refractivity (Wildman–Crippen MR) is 134 cm³/mol. The van der Waals surface area contributed by atoms with Crippen molar-refractivity contribution in [2.24, 2.45) is 0 Å². The summed E-state index contributed by atoms with van der Waals surface area (Å²) in [5, 5.41) is 7.28. The maximum absolute atomic E-state index is 13.4. The lowest BCUT2D eigenvalue weighted by Crippen LogP contribution is -2.28. The molecule has 1 aliphatic rings. The zero-order chi connectivity index (χ0) is 24.5. The van der Waals surface area contributed by atoms with Crippen LogP contribution in [0.5, 0.6) is 0 Å². The van der Waals surface area contributed by atoms with Gasteiger partial charge in [0.05, 0.1) is 23.1 Å². The number of benzene rings is 3. The van der Waals surface area contributed by atoms with Crippen LogP contribution in [0.2, 0.25) is 0 Å². The summed E-state index contributed by atoms with van der Waals surface area (Å²) in [5.41, 5.74) is 5.12. The van der Waals surface area contributed by atoms with Gasteiger partial charge >= 0.3 is 0 Å². The van der Waals surface area contributed by atoms with Crippen LogP contribution in [0.3, 0.4) is 0 Å². The number of para-hydroxylation sites is 1. The summed E-state index contributed by atoms with van der Waals surface area (Å²) in [6.07, 6.45) is 2.37. The number of nitrogens with one attached hydrogen (secondary N) is 1. The molecule has 4 aromatic rings. The number of halogens is 1. The highest BCUT2D eigenvalue weighted by Crippen LogP contribution is 2.29. The molecule has 1 aliphatic heterocycles. The molecule has 5 rings (SSSR count). The first-order valence-corrected chi connectivity index (χ1v) is 11.6. The zero-order valence-electron chi connectivity index (χ0n) is 19.5. The van der Waals surface area contributed by atoms with E-state index < -0.39 is 0 Å². The van der Waals surface area contributed by atoms with Gasteiger partial charge in [-0.15, -0.1) is 0 Å². The first kappa shape index (κ1) is 22.5. The topological polar surface area (TPSA) is 67.2 Å². The molecule has 2 amide bonds. The van der Waals surface area contributed by atoms with Gasteiger partial charge in [0.1, 0.15) is 5.82 Å². The molecule has 0 saturated heterocycles. The number of carbonyl (C=O) groups excluding carboxylic acids is 2. The summed E-state index contributed by atoms with van der Waals surface area (Å²) < 4.78 is 15.0. The van der Waals surface area contributed by atoms with Crippen molar-refractivity contribution in [2.75, 3.05) is 16.8 Å². The third kappa shape index (κ3) is 4.33. The molecule has 0 unspecified atom stereocenters. The summed E-state index contributed by atoms with van der Waals surface area (Å²) in [6, 6.07) is 20.8. The Morgan fingerprint density at radius 1 is 0.971 bits per heavy atom. The van der Waals surface area contributed by atoms with Crippen LogP contribution in [0.15, 0.2) is 79.0 Å². The van der Waals surface area contributed by atoms with Crippen LogP contribution >= 0.6 is 0 Å². The fourth-order valence-electron chi connectivity index (χ4n) is 4.48. The molecule has 2 heterocycles. The lowest BCUT2D eigenvalue weighted by atomic mass is 10.0. The van der Waals surface area contributed by atoms with Crippen molar-refractivity contribution in [3.63, 3.8) is 0 Å². The molecule has 0 radical (unpaired) electrons. The molecule has 1 aromatic heterocycles. The van der Waals surface area contributed by atoms with Crippen molar-refractivity contribution in [2.45, 2.75) is 26.2 Å². The van der Waals surface area contributed by atoms with Gasteiger partial charge in [0, 0.05) is 23.5 Å². The van der Waals surface area contributed by atoms with Crippen LogP contribution < -0.4 is 10.2 Å². The van der Waals surface area contributed by atoms with Gasteiger partial charge in [-0.05, 0) is 72.5 Å². The molecule has 176 valence electrons. The largest absolute Gasteiger partial charge is 0.322 e. The van der Waals surface area contributed by atoms with E-state index in [0.29, 0.717) is 29.0 Å². The second kappa shape index (κ2) is 9.18. The highest BCUT2D eigenvalue weighted by molar-refractivity contribution is 6.08. The lowest BCUT2D eigenvalue weighted by molar-refractivity contribution is 0.0988. The van der Waals surface area contributed by atoms with Gasteiger partial charge in [0.25, 0.3) is 11.8 Å². The van der Waals surface area contributed by atoms with E-state index in [1.54, 1.807) is 46.0 Å². The number of nitrogens with zero attached hydrogens (tertiary/aromatic N) is 3. The summed E-state index contributed by atoms with van der Waals surface area (Å²) in [6.45, 7) is 4.61. The number of amides is 2. The van der Waals surface area contributed by atoms with Crippen LogP contribution in [0.4, 0.5) is 15.8 Å². The van der Waals surface area contributed by atoms with Crippen molar-refractivity contribution in [1.29, 1.82) is 0 Å². The SMILES string of the molecule is CC(C)c1c(C(=O)Nc2ccc(C(=O)N3CCc4ccccc43)cc2)cnn1-c1ccc(F)cc1. The molecule has 0 fully saturated rings. The Bertz CT molecular complexity index is 1390. The van der Waals surface area contributed by atoms with Gasteiger partial charge in [0.2, 0.25) is 0 Å². The Morgan fingerprint density at radius 2 is 1.69 bits per heavy atom. The number of carbonyl (C=O) groups is 2. The van der Waals surface area contributed by atoms with E-state index >= 15 is 0 Å². The quantitative estimate of drug-likeness (QED) is 0.415. The summed E-state index contributed by atoms with van der Waals surface area (Å²) in [5.74, 6) is -0.683. The Morgan fingerprint density at radius 3 is 2.40 bits per heavy atom. The molecule has 0 atom stereocenters. The van der Waals surface area contributed by atoms with E-state index in [9.17, 15) is 14.0 Å². The van der Waals surface area contributed by atoms with Crippen molar-refractivity contribution in [3.8, 4) is 5.69 Å². The van der Waals surface area contributed by atoms with Crippen LogP contribution in [0.25, 0.3) is 5.69 Å². The highest BCUT2D eigenvalue weighted by Gasteiger charge is 2.25. The number of aromatic nitrogens is 2. The molecule has 6 nitrogen and oxygen atoms in total. The first-order chi connectivity index (χ1) is 16.9. The van der Waals surface area contributed by atoms with Crippen LogP contribution in [-0.4, -0.2) is 28.1 Å². The number of hydrogen-bond acceptors (Lipinski definition) is 3. The smallest absolute Gasteiger partial charge is 0.259 e. The average Bonchev–Trinajstić information content (AvgIpc) is 3.50. The van der Waals surface area contributed by atoms with E-state index in [2.05, 4.69) is 10.4 Å². The second-order valence-electron chi connectivity index (χ2n) is 8.85. The van der Waals surface area contributed by atoms with Gasteiger partial charge in [-0.25, -0.2) is 9.07 Å². The predicted octanol–water partition coefficient (Wildman–Crippen LogP) is 5.59. The molecule has 7 heteroatoms. The van der Waals surface area contributed by atoms with E-state index in [4.69, 9.17) is 0 Å². The van der Waals surface area contributed by atoms with Gasteiger partial charge in [-0.2, -0.15) is 5.10 Å². The van der Waals surface area contributed by atoms with E-state index in [0.717, 1.165) is 17.8 Å². The van der Waals surface area contributed by atoms with Crippen molar-refractivity contribution >= 4 is 23.2 Å². The molecule has 0 bridgehead atoms. The fraction of sp³-hybridized carbons (Fsp3) is 0.179. The van der Waals surface area contributed by atoms with Crippen LogP contribution in [0, 0.1) is 5.82 Å². The molecule has 1 N–H and O–H groups in total. The Hall–Kier alpha value is -4.26. The van der Waals surface area contributed by atoms with E-state index in [1.807, 2.05) is 38.1 Å². The van der Waals surface area contributed by atoms with Crippen molar-refractivity contribution in [3.05, 3.63) is 107 Å². The highest BCUT2D eigenvalue weighted by atomic mass is 19.1. The number of rotatable bonds is 5. The van der Waals surface area contributed by atoms with Gasteiger partial charge < -0.3 is 10.2 Å². The molecule has 0 spiro atoms. The van der Waals surface area contributed by atoms with E-state index in [1.165, 1.54) is 23.9 Å². The van der Waals surface area contributed by atoms with Gasteiger partial charge in [-0.3, -0.25) is 9.59 Å². The normalized spacial score (nSPS) is 12.6. The minimum Gasteiger partial charge on any atom is -0.322 e. The molecule has 35 heavy (non-hydrogen) atoms. The van der Waals surface area contributed by atoms with Crippen LogP contribution in [0.1, 0.15) is 51.7 Å². The maximum Gasteiger partial charge on any atom is 0.259 e. The molecule has 0 saturated carbocycles. The molecule has 0 aliphatic carbocycles. The zero-order valence-corrected chi connectivity index (χ0v) is 19.5. The van der Waals surface area contributed by atoms with Crippen molar-refractivity contribution in [1.82, 2.24) is 9.78 Å². The Labute approximate surface area is 203 Å². The first-order valence-electron chi connectivity index (χ1n) is 11.6. The summed E-state index contributed by atoms with van der Waals surface area (Å²) in [7, 11) is 0. The van der Waals surface area contributed by atoms with E-state index in [-0.39, 0.29) is 23.5 Å². The minimum atomic E-state index is -0.333. The van der Waals surface area contributed by atoms with Gasteiger partial charge in [-0.1, -0.05) is 32.0 Å². The third-order valence-corrected chi connectivity index (χ3v) is 6.19. The van der Waals surface area contributed by atoms with Crippen molar-refractivity contribution < 1.29 is 14.0 Å². The van der Waals surface area contributed by atoms with Crippen LogP contribution in [-0.2, 0) is 6.42 Å². The Balaban J connectivity index is 1.34.